The summed E-state index contributed by atoms with van der Waals surface area (Å²) in [6, 6.07) is 4.56. The number of imide groups is 1. The fraction of sp³-hybridized carbons (Fsp3) is 0.333. The molecule has 0 bridgehead atoms. The Morgan fingerprint density at radius 3 is 2.61 bits per heavy atom. The first-order valence-corrected chi connectivity index (χ1v) is 5.87. The first-order valence-electron chi connectivity index (χ1n) is 5.49. The quantitative estimate of drug-likeness (QED) is 0.633. The van der Waals surface area contributed by atoms with Crippen molar-refractivity contribution in [3.8, 4) is 0 Å². The van der Waals surface area contributed by atoms with Crippen LogP contribution in [0.3, 0.4) is 0 Å². The molecule has 3 N–H and O–H groups in total. The molecular weight excluding hydrogens is 254 g/mol. The van der Waals surface area contributed by atoms with Crippen molar-refractivity contribution in [2.24, 2.45) is 0 Å². The van der Waals surface area contributed by atoms with Crippen LogP contribution in [0.15, 0.2) is 18.2 Å². The van der Waals surface area contributed by atoms with Gasteiger partial charge in [-0.3, -0.25) is 9.69 Å². The third-order valence-electron chi connectivity index (χ3n) is 2.84. The Balaban J connectivity index is 2.27. The number of amides is 3. The summed E-state index contributed by atoms with van der Waals surface area (Å²) < 4.78 is 0. The van der Waals surface area contributed by atoms with Gasteiger partial charge in [0.2, 0.25) is 0 Å². The molecule has 0 saturated carbocycles. The van der Waals surface area contributed by atoms with E-state index in [2.05, 4.69) is 5.32 Å². The summed E-state index contributed by atoms with van der Waals surface area (Å²) in [6.07, 6.45) is 0. The van der Waals surface area contributed by atoms with Crippen molar-refractivity contribution < 1.29 is 9.59 Å². The molecular formula is C12H14ClN3O2. The number of carbonyl (C=O) groups excluding carboxylic acids is 2. The molecule has 1 fully saturated rings. The van der Waals surface area contributed by atoms with Crippen LogP contribution >= 0.6 is 11.6 Å². The van der Waals surface area contributed by atoms with Crippen LogP contribution in [0.25, 0.3) is 0 Å². The van der Waals surface area contributed by atoms with Gasteiger partial charge in [-0.1, -0.05) is 11.6 Å². The zero-order chi connectivity index (χ0) is 13.5. The molecule has 18 heavy (non-hydrogen) atoms. The van der Waals surface area contributed by atoms with Gasteiger partial charge in [-0.05, 0) is 37.6 Å². The molecule has 1 aliphatic heterocycles. The highest BCUT2D eigenvalue weighted by molar-refractivity contribution is 6.31. The maximum atomic E-state index is 12.0. The van der Waals surface area contributed by atoms with E-state index in [-0.39, 0.29) is 12.5 Å². The highest BCUT2D eigenvalue weighted by Gasteiger charge is 2.44. The maximum absolute atomic E-state index is 12.0. The third-order valence-corrected chi connectivity index (χ3v) is 3.21. The molecule has 0 radical (unpaired) electrons. The lowest BCUT2D eigenvalue weighted by Gasteiger charge is -2.16. The summed E-state index contributed by atoms with van der Waals surface area (Å²) in [5, 5.41) is 3.09. The molecule has 0 aromatic heterocycles. The summed E-state index contributed by atoms with van der Waals surface area (Å²) in [5.74, 6) is -0.272. The Bertz CT molecular complexity index is 528. The smallest absolute Gasteiger partial charge is 0.325 e. The monoisotopic (exact) mass is 267 g/mol. The Labute approximate surface area is 110 Å². The molecule has 1 saturated heterocycles. The van der Waals surface area contributed by atoms with E-state index in [1.165, 1.54) is 0 Å². The fourth-order valence-corrected chi connectivity index (χ4v) is 2.02. The van der Waals surface area contributed by atoms with E-state index < -0.39 is 11.6 Å². The molecule has 0 aliphatic carbocycles. The van der Waals surface area contributed by atoms with Gasteiger partial charge < -0.3 is 11.1 Å². The van der Waals surface area contributed by atoms with Gasteiger partial charge in [0.1, 0.15) is 5.54 Å². The highest BCUT2D eigenvalue weighted by Crippen LogP contribution is 2.24. The molecule has 3 amide bonds. The lowest BCUT2D eigenvalue weighted by atomic mass is 10.1. The summed E-state index contributed by atoms with van der Waals surface area (Å²) >= 11 is 6.02. The first-order chi connectivity index (χ1) is 8.31. The average Bonchev–Trinajstić information content (AvgIpc) is 2.46. The predicted octanol–water partition coefficient (Wildman–Crippen LogP) is 1.75. The number of hydrogen-bond acceptors (Lipinski definition) is 3. The van der Waals surface area contributed by atoms with Crippen LogP contribution in [0.2, 0.25) is 5.02 Å². The van der Waals surface area contributed by atoms with Crippen LogP contribution in [0, 0.1) is 0 Å². The van der Waals surface area contributed by atoms with Crippen LogP contribution < -0.4 is 11.1 Å². The summed E-state index contributed by atoms with van der Waals surface area (Å²) in [5.41, 5.74) is 5.98. The van der Waals surface area contributed by atoms with Gasteiger partial charge >= 0.3 is 6.03 Å². The molecule has 1 aliphatic rings. The Kier molecular flexibility index (Phi) is 2.94. The number of nitrogen functional groups attached to an aromatic ring is 1. The number of nitrogens with one attached hydrogen (secondary N) is 1. The second-order valence-electron chi connectivity index (χ2n) is 4.80. The third kappa shape index (κ3) is 2.13. The zero-order valence-electron chi connectivity index (χ0n) is 10.2. The molecule has 1 heterocycles. The molecule has 0 unspecified atom stereocenters. The average molecular weight is 268 g/mol. The molecule has 2 rings (SSSR count). The number of nitrogens with zero attached hydrogens (tertiary/aromatic N) is 1. The summed E-state index contributed by atoms with van der Waals surface area (Å²) in [4.78, 5) is 24.9. The number of anilines is 1. The topological polar surface area (TPSA) is 75.4 Å². The number of carbonyl (C=O) groups is 2. The van der Waals surface area contributed by atoms with Crippen LogP contribution in [0.5, 0.6) is 0 Å². The SMILES string of the molecule is CC1(C)NC(=O)N(Cc2cc(N)ccc2Cl)C1=O. The zero-order valence-corrected chi connectivity index (χ0v) is 10.9. The summed E-state index contributed by atoms with van der Waals surface area (Å²) in [6.45, 7) is 3.44. The van der Waals surface area contributed by atoms with Gasteiger partial charge in [0.15, 0.2) is 0 Å². The van der Waals surface area contributed by atoms with E-state index in [1.807, 2.05) is 0 Å². The molecule has 5 nitrogen and oxygen atoms in total. The highest BCUT2D eigenvalue weighted by atomic mass is 35.5. The van der Waals surface area contributed by atoms with Crippen LogP contribution in [-0.4, -0.2) is 22.4 Å². The number of rotatable bonds is 2. The summed E-state index contributed by atoms with van der Waals surface area (Å²) in [7, 11) is 0. The lowest BCUT2D eigenvalue weighted by Crippen LogP contribution is -2.40. The van der Waals surface area contributed by atoms with Gasteiger partial charge in [-0.25, -0.2) is 4.79 Å². The number of hydrogen-bond donors (Lipinski definition) is 2. The second-order valence-corrected chi connectivity index (χ2v) is 5.20. The molecule has 6 heteroatoms. The van der Waals surface area contributed by atoms with Crippen LogP contribution in [0.4, 0.5) is 10.5 Å². The minimum atomic E-state index is -0.871. The van der Waals surface area contributed by atoms with Crippen molar-refractivity contribution in [3.05, 3.63) is 28.8 Å². The molecule has 96 valence electrons. The van der Waals surface area contributed by atoms with E-state index in [0.29, 0.717) is 16.3 Å². The van der Waals surface area contributed by atoms with Crippen molar-refractivity contribution in [2.45, 2.75) is 25.9 Å². The predicted molar refractivity (Wildman–Crippen MR) is 69.0 cm³/mol. The molecule has 1 aromatic rings. The van der Waals surface area contributed by atoms with Gasteiger partial charge in [0.25, 0.3) is 5.91 Å². The van der Waals surface area contributed by atoms with E-state index in [9.17, 15) is 9.59 Å². The van der Waals surface area contributed by atoms with Crippen molar-refractivity contribution in [1.82, 2.24) is 10.2 Å². The Morgan fingerprint density at radius 1 is 1.39 bits per heavy atom. The van der Waals surface area contributed by atoms with Gasteiger partial charge in [0, 0.05) is 10.7 Å². The Hall–Kier alpha value is -1.75. The molecule has 1 aromatic carbocycles. The minimum Gasteiger partial charge on any atom is -0.399 e. The number of nitrogens with two attached hydrogens (primary N) is 1. The van der Waals surface area contributed by atoms with E-state index in [1.54, 1.807) is 32.0 Å². The largest absolute Gasteiger partial charge is 0.399 e. The molecule has 0 atom stereocenters. The fourth-order valence-electron chi connectivity index (χ4n) is 1.85. The van der Waals surface area contributed by atoms with Crippen molar-refractivity contribution in [3.63, 3.8) is 0 Å². The van der Waals surface area contributed by atoms with Crippen molar-refractivity contribution >= 4 is 29.2 Å². The second kappa shape index (κ2) is 4.17. The minimum absolute atomic E-state index is 0.123. The Morgan fingerprint density at radius 2 is 2.06 bits per heavy atom. The molecule has 0 spiro atoms. The normalized spacial score (nSPS) is 18.1. The number of urea groups is 1. The number of halogens is 1. The standard InChI is InChI=1S/C12H14ClN3O2/c1-12(2)10(17)16(11(18)15-12)6-7-5-8(14)3-4-9(7)13/h3-5H,6,14H2,1-2H3,(H,15,18). The van der Waals surface area contributed by atoms with Gasteiger partial charge in [-0.2, -0.15) is 0 Å². The van der Waals surface area contributed by atoms with Gasteiger partial charge in [-0.15, -0.1) is 0 Å². The maximum Gasteiger partial charge on any atom is 0.325 e. The van der Waals surface area contributed by atoms with Gasteiger partial charge in [0.05, 0.1) is 6.54 Å². The van der Waals surface area contributed by atoms with E-state index in [0.717, 1.165) is 4.90 Å². The van der Waals surface area contributed by atoms with Crippen LogP contribution in [0.1, 0.15) is 19.4 Å². The van der Waals surface area contributed by atoms with E-state index >= 15 is 0 Å². The van der Waals surface area contributed by atoms with E-state index in [4.69, 9.17) is 17.3 Å². The lowest BCUT2D eigenvalue weighted by molar-refractivity contribution is -0.130. The van der Waals surface area contributed by atoms with Crippen LogP contribution in [-0.2, 0) is 11.3 Å². The number of benzene rings is 1. The first kappa shape index (κ1) is 12.7. The van der Waals surface area contributed by atoms with Crippen molar-refractivity contribution in [2.75, 3.05) is 5.73 Å². The van der Waals surface area contributed by atoms with Crippen molar-refractivity contribution in [1.29, 1.82) is 0 Å².